The van der Waals surface area contributed by atoms with E-state index in [1.54, 1.807) is 7.11 Å². The van der Waals surface area contributed by atoms with Crippen LogP contribution >= 0.6 is 0 Å². The topological polar surface area (TPSA) is 49.3 Å². The first-order valence-corrected chi connectivity index (χ1v) is 10.9. The molecular weight excluding hydrogens is 390 g/mol. The Morgan fingerprint density at radius 1 is 1.00 bits per heavy atom. The third kappa shape index (κ3) is 6.03. The second-order valence-electron chi connectivity index (χ2n) is 7.89. The van der Waals surface area contributed by atoms with Gasteiger partial charge >= 0.3 is 0 Å². The summed E-state index contributed by atoms with van der Waals surface area (Å²) in [5.41, 5.74) is 4.01. The predicted molar refractivity (Wildman–Crippen MR) is 125 cm³/mol. The SMILES string of the molecule is C/C=C/COc1cc(C)c(OC2CCCC2Oc2ccc(/C(C)=N\OC)cc2)c(C)c1. The molecule has 1 aliphatic rings. The number of hydrogen-bond donors (Lipinski definition) is 0. The summed E-state index contributed by atoms with van der Waals surface area (Å²) < 4.78 is 18.6. The molecule has 2 aromatic rings. The van der Waals surface area contributed by atoms with Gasteiger partial charge in [-0.3, -0.25) is 0 Å². The number of rotatable bonds is 9. The maximum Gasteiger partial charge on any atom is 0.135 e. The van der Waals surface area contributed by atoms with E-state index < -0.39 is 0 Å². The zero-order valence-corrected chi connectivity index (χ0v) is 19.2. The highest BCUT2D eigenvalue weighted by molar-refractivity contribution is 5.98. The van der Waals surface area contributed by atoms with Gasteiger partial charge in [-0.05, 0) is 100 Å². The molecule has 0 aromatic heterocycles. The van der Waals surface area contributed by atoms with Crippen LogP contribution in [0.25, 0.3) is 0 Å². The van der Waals surface area contributed by atoms with Crippen molar-refractivity contribution >= 4 is 5.71 Å². The maximum atomic E-state index is 6.47. The van der Waals surface area contributed by atoms with Gasteiger partial charge in [-0.15, -0.1) is 0 Å². The van der Waals surface area contributed by atoms with Gasteiger partial charge in [0.25, 0.3) is 0 Å². The van der Waals surface area contributed by atoms with Gasteiger partial charge in [-0.2, -0.15) is 0 Å². The highest BCUT2D eigenvalue weighted by Crippen LogP contribution is 2.34. The van der Waals surface area contributed by atoms with Crippen LogP contribution in [0, 0.1) is 13.8 Å². The number of aryl methyl sites for hydroxylation is 2. The summed E-state index contributed by atoms with van der Waals surface area (Å²) >= 11 is 0. The van der Waals surface area contributed by atoms with Crippen LogP contribution in [-0.2, 0) is 4.84 Å². The van der Waals surface area contributed by atoms with Crippen molar-refractivity contribution in [2.24, 2.45) is 5.16 Å². The first-order chi connectivity index (χ1) is 15.0. The van der Waals surface area contributed by atoms with Gasteiger partial charge in [0.1, 0.15) is 43.2 Å². The second-order valence-corrected chi connectivity index (χ2v) is 7.89. The first kappa shape index (κ1) is 22.7. The highest BCUT2D eigenvalue weighted by Gasteiger charge is 2.31. The fourth-order valence-electron chi connectivity index (χ4n) is 3.87. The smallest absolute Gasteiger partial charge is 0.135 e. The van der Waals surface area contributed by atoms with Crippen LogP contribution in [0.15, 0.2) is 53.7 Å². The highest BCUT2D eigenvalue weighted by atomic mass is 16.6. The average molecular weight is 424 g/mol. The summed E-state index contributed by atoms with van der Waals surface area (Å²) in [6, 6.07) is 12.0. The molecule has 0 radical (unpaired) electrons. The summed E-state index contributed by atoms with van der Waals surface area (Å²) in [6.45, 7) is 8.62. The number of benzene rings is 2. The molecule has 166 valence electrons. The lowest BCUT2D eigenvalue weighted by atomic mass is 10.1. The van der Waals surface area contributed by atoms with Gasteiger partial charge < -0.3 is 19.0 Å². The monoisotopic (exact) mass is 423 g/mol. The van der Waals surface area contributed by atoms with E-state index in [0.29, 0.717) is 6.61 Å². The molecule has 5 nitrogen and oxygen atoms in total. The number of nitrogens with zero attached hydrogens (tertiary/aromatic N) is 1. The van der Waals surface area contributed by atoms with E-state index in [1.165, 1.54) is 0 Å². The van der Waals surface area contributed by atoms with Crippen molar-refractivity contribution in [1.29, 1.82) is 0 Å². The first-order valence-electron chi connectivity index (χ1n) is 10.9. The van der Waals surface area contributed by atoms with E-state index in [1.807, 2.05) is 62.4 Å². The second kappa shape index (κ2) is 10.9. The molecule has 1 saturated carbocycles. The Morgan fingerprint density at radius 3 is 2.26 bits per heavy atom. The van der Waals surface area contributed by atoms with Crippen LogP contribution in [-0.4, -0.2) is 31.6 Å². The molecule has 0 heterocycles. The summed E-state index contributed by atoms with van der Waals surface area (Å²) in [6.07, 6.45) is 7.11. The number of oxime groups is 1. The van der Waals surface area contributed by atoms with Crippen molar-refractivity contribution < 1.29 is 19.0 Å². The largest absolute Gasteiger partial charge is 0.490 e. The lowest BCUT2D eigenvalue weighted by Gasteiger charge is -2.24. The zero-order valence-electron chi connectivity index (χ0n) is 19.2. The van der Waals surface area contributed by atoms with Gasteiger partial charge in [-0.25, -0.2) is 0 Å². The molecule has 2 aromatic carbocycles. The lowest BCUT2D eigenvalue weighted by molar-refractivity contribution is 0.0769. The summed E-state index contributed by atoms with van der Waals surface area (Å²) in [4.78, 5) is 4.85. The molecule has 0 spiro atoms. The molecule has 2 unspecified atom stereocenters. The Hall–Kier alpha value is -2.95. The van der Waals surface area contributed by atoms with Crippen molar-refractivity contribution in [1.82, 2.24) is 0 Å². The number of hydrogen-bond acceptors (Lipinski definition) is 5. The van der Waals surface area contributed by atoms with Crippen LogP contribution in [0.5, 0.6) is 17.2 Å². The van der Waals surface area contributed by atoms with Gasteiger partial charge in [0.15, 0.2) is 0 Å². The molecule has 0 amide bonds. The Balaban J connectivity index is 1.66. The Bertz CT molecular complexity index is 894. The van der Waals surface area contributed by atoms with Crippen LogP contribution < -0.4 is 14.2 Å². The molecule has 0 N–H and O–H groups in total. The minimum atomic E-state index is 0.0312. The minimum absolute atomic E-state index is 0.0312. The Morgan fingerprint density at radius 2 is 1.65 bits per heavy atom. The molecular formula is C26H33NO4. The van der Waals surface area contributed by atoms with E-state index >= 15 is 0 Å². The minimum Gasteiger partial charge on any atom is -0.490 e. The van der Waals surface area contributed by atoms with E-state index in [2.05, 4.69) is 19.0 Å². The lowest BCUT2D eigenvalue weighted by Crippen LogP contribution is -2.31. The Kier molecular flexibility index (Phi) is 7.99. The molecule has 1 aliphatic carbocycles. The van der Waals surface area contributed by atoms with Gasteiger partial charge in [-0.1, -0.05) is 17.3 Å². The normalized spacial score (nSPS) is 18.9. The summed E-state index contributed by atoms with van der Waals surface area (Å²) in [5, 5.41) is 3.97. The van der Waals surface area contributed by atoms with E-state index in [0.717, 1.165) is 58.9 Å². The molecule has 0 bridgehead atoms. The van der Waals surface area contributed by atoms with Gasteiger partial charge in [0.05, 0.1) is 5.71 Å². The van der Waals surface area contributed by atoms with E-state index in [4.69, 9.17) is 19.0 Å². The number of allylic oxidation sites excluding steroid dienone is 1. The van der Waals surface area contributed by atoms with Crippen molar-refractivity contribution in [2.75, 3.05) is 13.7 Å². The molecule has 5 heteroatoms. The van der Waals surface area contributed by atoms with Gasteiger partial charge in [0.2, 0.25) is 0 Å². The molecule has 3 rings (SSSR count). The van der Waals surface area contributed by atoms with Crippen molar-refractivity contribution in [3.63, 3.8) is 0 Å². The van der Waals surface area contributed by atoms with Crippen LogP contribution in [0.3, 0.4) is 0 Å². The van der Waals surface area contributed by atoms with Crippen molar-refractivity contribution in [3.05, 3.63) is 65.2 Å². The predicted octanol–water partition coefficient (Wildman–Crippen LogP) is 6.01. The van der Waals surface area contributed by atoms with Gasteiger partial charge in [0, 0.05) is 0 Å². The maximum absolute atomic E-state index is 6.47. The Labute approximate surface area is 185 Å². The standard InChI is InChI=1S/C26H33NO4/c1-6-7-15-29-23-16-18(2)26(19(3)17-23)31-25-10-8-9-24(25)30-22-13-11-21(12-14-22)20(4)27-28-5/h6-7,11-14,16-17,24-25H,8-10,15H2,1-5H3/b7-6+,27-20-. The molecule has 0 saturated heterocycles. The zero-order chi connectivity index (χ0) is 22.2. The van der Waals surface area contributed by atoms with Crippen molar-refractivity contribution in [2.45, 2.75) is 59.2 Å². The number of ether oxygens (including phenoxy) is 3. The summed E-state index contributed by atoms with van der Waals surface area (Å²) in [5.74, 6) is 2.64. The van der Waals surface area contributed by atoms with Crippen LogP contribution in [0.2, 0.25) is 0 Å². The van der Waals surface area contributed by atoms with E-state index in [-0.39, 0.29) is 12.2 Å². The fourth-order valence-corrected chi connectivity index (χ4v) is 3.87. The third-order valence-electron chi connectivity index (χ3n) is 5.46. The third-order valence-corrected chi connectivity index (χ3v) is 5.46. The van der Waals surface area contributed by atoms with Crippen molar-refractivity contribution in [3.8, 4) is 17.2 Å². The molecule has 0 aliphatic heterocycles. The summed E-state index contributed by atoms with van der Waals surface area (Å²) in [7, 11) is 1.55. The molecule has 1 fully saturated rings. The van der Waals surface area contributed by atoms with Crippen LogP contribution in [0.4, 0.5) is 0 Å². The fraction of sp³-hybridized carbons (Fsp3) is 0.423. The van der Waals surface area contributed by atoms with Crippen LogP contribution in [0.1, 0.15) is 49.8 Å². The molecule has 2 atom stereocenters. The quantitative estimate of drug-likeness (QED) is 0.282. The molecule has 31 heavy (non-hydrogen) atoms. The van der Waals surface area contributed by atoms with E-state index in [9.17, 15) is 0 Å². The average Bonchev–Trinajstić information content (AvgIpc) is 3.18.